The van der Waals surface area contributed by atoms with E-state index in [1.807, 2.05) is 54.6 Å². The molecule has 0 aliphatic rings. The van der Waals surface area contributed by atoms with Crippen molar-refractivity contribution in [3.63, 3.8) is 0 Å². The lowest BCUT2D eigenvalue weighted by Crippen LogP contribution is -2.16. The Kier molecular flexibility index (Phi) is 8.72. The van der Waals surface area contributed by atoms with Crippen LogP contribution in [0.3, 0.4) is 0 Å². The molecule has 2 aromatic rings. The number of nitrogens with zero attached hydrogens (tertiary/aromatic N) is 1. The lowest BCUT2D eigenvalue weighted by molar-refractivity contribution is -0.143. The van der Waals surface area contributed by atoms with Crippen LogP contribution in [0.4, 0.5) is 4.79 Å². The molecule has 148 valence electrons. The molecule has 6 heteroatoms. The zero-order valence-electron chi connectivity index (χ0n) is 16.1. The van der Waals surface area contributed by atoms with Gasteiger partial charge in [-0.25, -0.2) is 4.79 Å². The Morgan fingerprint density at radius 1 is 0.929 bits per heavy atom. The van der Waals surface area contributed by atoms with Crippen molar-refractivity contribution in [1.29, 1.82) is 0 Å². The molecule has 0 fully saturated rings. The molecular weight excluding hydrogens is 356 g/mol. The van der Waals surface area contributed by atoms with Gasteiger partial charge in [-0.3, -0.25) is 4.79 Å². The zero-order chi connectivity index (χ0) is 20.2. The molecule has 0 bridgehead atoms. The maximum absolute atomic E-state index is 11.8. The van der Waals surface area contributed by atoms with Crippen LogP contribution in [0.2, 0.25) is 0 Å². The number of unbranched alkanes of at least 4 members (excludes halogenated alkanes) is 1. The van der Waals surface area contributed by atoms with Gasteiger partial charge in [0.15, 0.2) is 0 Å². The zero-order valence-corrected chi connectivity index (χ0v) is 16.1. The van der Waals surface area contributed by atoms with Crippen molar-refractivity contribution in [3.05, 3.63) is 71.3 Å². The Balaban J connectivity index is 1.78. The number of nitrogens with two attached hydrogens (primary N) is 1. The van der Waals surface area contributed by atoms with Gasteiger partial charge in [0.05, 0.1) is 6.61 Å². The van der Waals surface area contributed by atoms with E-state index < -0.39 is 6.09 Å². The predicted molar refractivity (Wildman–Crippen MR) is 108 cm³/mol. The number of ether oxygens (including phenoxy) is 2. The first-order chi connectivity index (χ1) is 13.6. The highest BCUT2D eigenvalue weighted by Gasteiger charge is 2.06. The van der Waals surface area contributed by atoms with Crippen molar-refractivity contribution in [2.75, 3.05) is 6.61 Å². The van der Waals surface area contributed by atoms with E-state index in [-0.39, 0.29) is 18.4 Å². The Morgan fingerprint density at radius 3 is 2.32 bits per heavy atom. The summed E-state index contributed by atoms with van der Waals surface area (Å²) in [5.41, 5.74) is 8.57. The van der Waals surface area contributed by atoms with E-state index in [9.17, 15) is 9.59 Å². The highest BCUT2D eigenvalue weighted by Crippen LogP contribution is 2.10. The van der Waals surface area contributed by atoms with Crippen LogP contribution in [0.15, 0.2) is 59.6 Å². The molecule has 0 unspecified atom stereocenters. The van der Waals surface area contributed by atoms with Crippen LogP contribution in [-0.2, 0) is 27.3 Å². The van der Waals surface area contributed by atoms with Gasteiger partial charge >= 0.3 is 12.1 Å². The first-order valence-electron chi connectivity index (χ1n) is 9.38. The molecule has 1 amide bonds. The van der Waals surface area contributed by atoms with Crippen LogP contribution < -0.4 is 5.73 Å². The minimum absolute atomic E-state index is 0.118. The largest absolute Gasteiger partial charge is 0.466 e. The van der Waals surface area contributed by atoms with Crippen LogP contribution in [-0.4, -0.2) is 24.5 Å². The van der Waals surface area contributed by atoms with Crippen LogP contribution in [0.25, 0.3) is 0 Å². The lowest BCUT2D eigenvalue weighted by Gasteiger charge is -2.05. The predicted octanol–water partition coefficient (Wildman–Crippen LogP) is 4.00. The van der Waals surface area contributed by atoms with Crippen LogP contribution in [0.5, 0.6) is 0 Å². The van der Waals surface area contributed by atoms with E-state index in [0.717, 1.165) is 30.4 Å². The van der Waals surface area contributed by atoms with E-state index in [2.05, 4.69) is 4.99 Å². The molecule has 6 nitrogen and oxygen atoms in total. The van der Waals surface area contributed by atoms with Gasteiger partial charge in [0.2, 0.25) is 0 Å². The number of benzene rings is 2. The summed E-state index contributed by atoms with van der Waals surface area (Å²) in [5.74, 6) is -0.0343. The number of rotatable bonds is 9. The van der Waals surface area contributed by atoms with Crippen LogP contribution >= 0.6 is 0 Å². The number of aliphatic imine (C=N–C) groups is 1. The number of esters is 1. The van der Waals surface area contributed by atoms with Gasteiger partial charge < -0.3 is 15.2 Å². The summed E-state index contributed by atoms with van der Waals surface area (Å²) >= 11 is 0. The summed E-state index contributed by atoms with van der Waals surface area (Å²) in [7, 11) is 0. The summed E-state index contributed by atoms with van der Waals surface area (Å²) in [4.78, 5) is 26.9. The molecule has 0 spiro atoms. The SMILES string of the molecule is CCOC(=O)CCCCc1ccc(/C(N)=N\C(=O)OCc2ccccc2)cc1. The average molecular weight is 382 g/mol. The fourth-order valence-corrected chi connectivity index (χ4v) is 2.59. The molecule has 0 aliphatic heterocycles. The number of amides is 1. The molecule has 28 heavy (non-hydrogen) atoms. The van der Waals surface area contributed by atoms with Gasteiger partial charge in [0.25, 0.3) is 0 Å². The minimum atomic E-state index is -0.718. The molecule has 0 saturated carbocycles. The quantitative estimate of drug-likeness (QED) is 0.306. The number of hydrogen-bond acceptors (Lipinski definition) is 4. The number of carbonyl (C=O) groups is 2. The third-order valence-corrected chi connectivity index (χ3v) is 4.07. The first kappa shape index (κ1) is 21.2. The second-order valence-electron chi connectivity index (χ2n) is 6.25. The average Bonchev–Trinajstić information content (AvgIpc) is 2.71. The Bertz CT molecular complexity index is 786. The second kappa shape index (κ2) is 11.5. The van der Waals surface area contributed by atoms with Crippen LogP contribution in [0.1, 0.15) is 42.9 Å². The molecule has 2 aromatic carbocycles. The molecule has 0 radical (unpaired) electrons. The Morgan fingerprint density at radius 2 is 1.64 bits per heavy atom. The van der Waals surface area contributed by atoms with Crippen molar-refractivity contribution in [2.24, 2.45) is 10.7 Å². The van der Waals surface area contributed by atoms with E-state index >= 15 is 0 Å². The molecule has 2 rings (SSSR count). The summed E-state index contributed by atoms with van der Waals surface area (Å²) in [6, 6.07) is 16.9. The summed E-state index contributed by atoms with van der Waals surface area (Å²) in [6.45, 7) is 2.38. The van der Waals surface area contributed by atoms with Gasteiger partial charge in [0.1, 0.15) is 12.4 Å². The van der Waals surface area contributed by atoms with E-state index in [0.29, 0.717) is 18.6 Å². The number of hydrogen-bond donors (Lipinski definition) is 1. The standard InChI is InChI=1S/C22H26N2O4/c1-2-27-20(25)11-7-6-8-17-12-14-19(15-13-17)21(23)24-22(26)28-16-18-9-4-3-5-10-18/h3-5,9-10,12-15H,2,6-8,11,16H2,1H3,(H2,23,24,26). The minimum Gasteiger partial charge on any atom is -0.466 e. The van der Waals surface area contributed by atoms with Gasteiger partial charge in [-0.2, -0.15) is 4.99 Å². The van der Waals surface area contributed by atoms with Gasteiger partial charge in [-0.1, -0.05) is 54.6 Å². The van der Waals surface area contributed by atoms with Gasteiger partial charge in [-0.05, 0) is 37.3 Å². The first-order valence-corrected chi connectivity index (χ1v) is 9.38. The van der Waals surface area contributed by atoms with Crippen molar-refractivity contribution < 1.29 is 19.1 Å². The fourth-order valence-electron chi connectivity index (χ4n) is 2.59. The molecule has 0 saturated heterocycles. The fraction of sp³-hybridized carbons (Fsp3) is 0.318. The molecular formula is C22H26N2O4. The van der Waals surface area contributed by atoms with Gasteiger partial charge in [0, 0.05) is 12.0 Å². The maximum Gasteiger partial charge on any atom is 0.435 e. The maximum atomic E-state index is 11.8. The topological polar surface area (TPSA) is 91.0 Å². The normalized spacial score (nSPS) is 11.1. The number of carbonyl (C=O) groups excluding carboxylic acids is 2. The molecule has 0 aliphatic carbocycles. The highest BCUT2D eigenvalue weighted by molar-refractivity contribution is 6.02. The lowest BCUT2D eigenvalue weighted by atomic mass is 10.0. The summed E-state index contributed by atoms with van der Waals surface area (Å²) in [5, 5.41) is 0. The monoisotopic (exact) mass is 382 g/mol. The molecule has 2 N–H and O–H groups in total. The van der Waals surface area contributed by atoms with Crippen molar-refractivity contribution in [3.8, 4) is 0 Å². The third kappa shape index (κ3) is 7.61. The van der Waals surface area contributed by atoms with Gasteiger partial charge in [-0.15, -0.1) is 0 Å². The Labute approximate surface area is 165 Å². The van der Waals surface area contributed by atoms with Crippen molar-refractivity contribution in [2.45, 2.75) is 39.2 Å². The van der Waals surface area contributed by atoms with E-state index in [1.54, 1.807) is 6.92 Å². The summed E-state index contributed by atoms with van der Waals surface area (Å²) in [6.07, 6.45) is 2.27. The molecule has 0 heterocycles. The van der Waals surface area contributed by atoms with Crippen LogP contribution in [0, 0.1) is 0 Å². The van der Waals surface area contributed by atoms with E-state index in [1.165, 1.54) is 0 Å². The molecule has 0 aromatic heterocycles. The van der Waals surface area contributed by atoms with E-state index in [4.69, 9.17) is 15.2 Å². The smallest absolute Gasteiger partial charge is 0.435 e. The molecule has 0 atom stereocenters. The van der Waals surface area contributed by atoms with Crippen molar-refractivity contribution in [1.82, 2.24) is 0 Å². The van der Waals surface area contributed by atoms with Crippen molar-refractivity contribution >= 4 is 17.9 Å². The number of amidine groups is 1. The Hall–Kier alpha value is -3.15. The summed E-state index contributed by atoms with van der Waals surface area (Å²) < 4.78 is 10.0. The number of aryl methyl sites for hydroxylation is 1. The highest BCUT2D eigenvalue weighted by atomic mass is 16.5. The third-order valence-electron chi connectivity index (χ3n) is 4.07. The second-order valence-corrected chi connectivity index (χ2v) is 6.25.